The Hall–Kier alpha value is -2.28. The third kappa shape index (κ3) is 3.18. The molecule has 0 aliphatic carbocycles. The summed E-state index contributed by atoms with van der Waals surface area (Å²) in [4.78, 5) is 20.7. The van der Waals surface area contributed by atoms with Crippen LogP contribution in [0.25, 0.3) is 10.6 Å². The summed E-state index contributed by atoms with van der Waals surface area (Å²) in [7, 11) is 1.54. The highest BCUT2D eigenvalue weighted by atomic mass is 32.1. The van der Waals surface area contributed by atoms with Crippen molar-refractivity contribution < 1.29 is 4.79 Å². The van der Waals surface area contributed by atoms with Gasteiger partial charge in [0.25, 0.3) is 0 Å². The van der Waals surface area contributed by atoms with Gasteiger partial charge in [-0.25, -0.2) is 15.2 Å². The summed E-state index contributed by atoms with van der Waals surface area (Å²) in [6.45, 7) is 3.76. The number of thiazole rings is 1. The largest absolute Gasteiger partial charge is 0.340 e. The number of carbonyl (C=O) groups excluding carboxylic acids is 1. The fraction of sp³-hybridized carbons (Fsp3) is 0.231. The summed E-state index contributed by atoms with van der Waals surface area (Å²) in [5.41, 5.74) is 4.99. The van der Waals surface area contributed by atoms with Crippen LogP contribution in [0.2, 0.25) is 0 Å². The molecule has 0 unspecified atom stereocenters. The van der Waals surface area contributed by atoms with Crippen LogP contribution in [0, 0.1) is 6.92 Å². The number of nitrogens with one attached hydrogen (secondary N) is 2. The molecule has 0 aromatic carbocycles. The van der Waals surface area contributed by atoms with E-state index >= 15 is 0 Å². The molecule has 0 atom stereocenters. The van der Waals surface area contributed by atoms with Gasteiger partial charge in [0, 0.05) is 25.0 Å². The maximum atomic E-state index is 11.1. The first-order chi connectivity index (χ1) is 9.61. The molecule has 2 rings (SSSR count). The summed E-state index contributed by atoms with van der Waals surface area (Å²) in [6.07, 6.45) is 3.50. The van der Waals surface area contributed by atoms with E-state index in [-0.39, 0.29) is 6.03 Å². The fourth-order valence-corrected chi connectivity index (χ4v) is 2.59. The molecule has 2 N–H and O–H groups in total. The van der Waals surface area contributed by atoms with Crippen molar-refractivity contribution in [3.8, 4) is 10.6 Å². The first kappa shape index (κ1) is 14.1. The highest BCUT2D eigenvalue weighted by molar-refractivity contribution is 7.17. The Morgan fingerprint density at radius 1 is 1.45 bits per heavy atom. The van der Waals surface area contributed by atoms with Gasteiger partial charge in [0.2, 0.25) is 0 Å². The average Bonchev–Trinajstić information content (AvgIpc) is 2.87. The Morgan fingerprint density at radius 2 is 2.25 bits per heavy atom. The number of urea groups is 1. The van der Waals surface area contributed by atoms with Crippen molar-refractivity contribution in [2.45, 2.75) is 13.8 Å². The van der Waals surface area contributed by atoms with E-state index < -0.39 is 0 Å². The van der Waals surface area contributed by atoms with Crippen molar-refractivity contribution >= 4 is 23.1 Å². The van der Waals surface area contributed by atoms with E-state index in [9.17, 15) is 4.79 Å². The van der Waals surface area contributed by atoms with Crippen molar-refractivity contribution in [2.24, 2.45) is 5.10 Å². The van der Waals surface area contributed by atoms with Crippen LogP contribution < -0.4 is 10.7 Å². The van der Waals surface area contributed by atoms with E-state index in [2.05, 4.69) is 25.8 Å². The van der Waals surface area contributed by atoms with Gasteiger partial charge in [-0.3, -0.25) is 4.98 Å². The normalized spacial score (nSPS) is 11.2. The molecule has 2 amide bonds. The van der Waals surface area contributed by atoms with Gasteiger partial charge >= 0.3 is 6.03 Å². The molecule has 0 aliphatic rings. The van der Waals surface area contributed by atoms with Crippen molar-refractivity contribution in [1.29, 1.82) is 0 Å². The molecular weight excluding hydrogens is 274 g/mol. The first-order valence-electron chi connectivity index (χ1n) is 6.02. The van der Waals surface area contributed by atoms with Crippen LogP contribution in [0.1, 0.15) is 17.5 Å². The second-order valence-electron chi connectivity index (χ2n) is 4.06. The van der Waals surface area contributed by atoms with Crippen LogP contribution in [-0.2, 0) is 0 Å². The first-order valence-corrected chi connectivity index (χ1v) is 6.83. The summed E-state index contributed by atoms with van der Waals surface area (Å²) < 4.78 is 0. The van der Waals surface area contributed by atoms with Crippen LogP contribution in [0.5, 0.6) is 0 Å². The molecule has 2 heterocycles. The van der Waals surface area contributed by atoms with Gasteiger partial charge in [-0.2, -0.15) is 5.10 Å². The standard InChI is InChI=1S/C13H15N5OS/c1-8-11(9(2)17-18-13(19)14-3)20-12(16-8)10-5-4-6-15-7-10/h4-7H,1-3H3,(H2,14,18,19)/b17-9+. The Labute approximate surface area is 121 Å². The average molecular weight is 289 g/mol. The van der Waals surface area contributed by atoms with Gasteiger partial charge in [0.15, 0.2) is 0 Å². The number of amides is 2. The van der Waals surface area contributed by atoms with Crippen molar-refractivity contribution in [3.63, 3.8) is 0 Å². The van der Waals surface area contributed by atoms with Gasteiger partial charge in [0.05, 0.1) is 16.3 Å². The summed E-state index contributed by atoms with van der Waals surface area (Å²) >= 11 is 1.53. The molecule has 0 saturated carbocycles. The second-order valence-corrected chi connectivity index (χ2v) is 5.06. The Morgan fingerprint density at radius 3 is 2.90 bits per heavy atom. The highest BCUT2D eigenvalue weighted by Crippen LogP contribution is 2.27. The molecule has 0 bridgehead atoms. The van der Waals surface area contributed by atoms with Gasteiger partial charge < -0.3 is 5.32 Å². The minimum Gasteiger partial charge on any atom is -0.340 e. The minimum absolute atomic E-state index is 0.348. The molecule has 6 nitrogen and oxygen atoms in total. The van der Waals surface area contributed by atoms with Gasteiger partial charge in [-0.1, -0.05) is 0 Å². The molecule has 0 aliphatic heterocycles. The maximum absolute atomic E-state index is 11.1. The van der Waals surface area contributed by atoms with Gasteiger partial charge in [-0.05, 0) is 26.0 Å². The molecule has 0 saturated heterocycles. The van der Waals surface area contributed by atoms with Crippen molar-refractivity contribution in [2.75, 3.05) is 7.05 Å². The molecular formula is C13H15N5OS. The number of aryl methyl sites for hydroxylation is 1. The van der Waals surface area contributed by atoms with E-state index in [1.54, 1.807) is 19.4 Å². The predicted molar refractivity (Wildman–Crippen MR) is 79.9 cm³/mol. The summed E-state index contributed by atoms with van der Waals surface area (Å²) in [6, 6.07) is 3.49. The zero-order valence-corrected chi connectivity index (χ0v) is 12.3. The third-order valence-corrected chi connectivity index (χ3v) is 3.90. The fourth-order valence-electron chi connectivity index (χ4n) is 1.59. The van der Waals surface area contributed by atoms with Crippen molar-refractivity contribution in [1.82, 2.24) is 20.7 Å². The van der Waals surface area contributed by atoms with Crippen LogP contribution in [0.4, 0.5) is 4.79 Å². The molecule has 7 heteroatoms. The lowest BCUT2D eigenvalue weighted by Crippen LogP contribution is -2.29. The van der Waals surface area contributed by atoms with Crippen LogP contribution >= 0.6 is 11.3 Å². The van der Waals surface area contributed by atoms with E-state index in [4.69, 9.17) is 0 Å². The maximum Gasteiger partial charge on any atom is 0.334 e. The quantitative estimate of drug-likeness (QED) is 0.671. The number of hydrogen-bond acceptors (Lipinski definition) is 5. The minimum atomic E-state index is -0.348. The predicted octanol–water partition coefficient (Wildman–Crippen LogP) is 2.17. The van der Waals surface area contributed by atoms with Gasteiger partial charge in [-0.15, -0.1) is 11.3 Å². The lowest BCUT2D eigenvalue weighted by atomic mass is 10.3. The number of hydrazone groups is 1. The molecule has 2 aromatic rings. The monoisotopic (exact) mass is 289 g/mol. The third-order valence-electron chi connectivity index (χ3n) is 2.59. The van der Waals surface area contributed by atoms with Crippen LogP contribution in [0.15, 0.2) is 29.6 Å². The second kappa shape index (κ2) is 6.25. The molecule has 0 radical (unpaired) electrons. The smallest absolute Gasteiger partial charge is 0.334 e. The summed E-state index contributed by atoms with van der Waals surface area (Å²) in [5, 5.41) is 7.37. The van der Waals surface area contributed by atoms with E-state index in [0.29, 0.717) is 0 Å². The van der Waals surface area contributed by atoms with E-state index in [0.717, 1.165) is 26.9 Å². The Balaban J connectivity index is 2.26. The number of hydrogen-bond donors (Lipinski definition) is 2. The Kier molecular flexibility index (Phi) is 4.41. The Bertz CT molecular complexity index is 635. The van der Waals surface area contributed by atoms with Crippen LogP contribution in [-0.4, -0.2) is 28.8 Å². The lowest BCUT2D eigenvalue weighted by molar-refractivity contribution is 0.243. The molecule has 2 aromatic heterocycles. The number of aromatic nitrogens is 2. The van der Waals surface area contributed by atoms with Crippen molar-refractivity contribution in [3.05, 3.63) is 35.1 Å². The SMILES string of the molecule is CNC(=O)N/N=C(\C)c1sc(-c2cccnc2)nc1C. The zero-order valence-electron chi connectivity index (χ0n) is 11.5. The number of pyridine rings is 1. The number of rotatable bonds is 3. The number of nitrogens with zero attached hydrogens (tertiary/aromatic N) is 3. The molecule has 20 heavy (non-hydrogen) atoms. The zero-order chi connectivity index (χ0) is 14.5. The highest BCUT2D eigenvalue weighted by Gasteiger charge is 2.12. The topological polar surface area (TPSA) is 79.3 Å². The van der Waals surface area contributed by atoms with Gasteiger partial charge in [0.1, 0.15) is 5.01 Å². The molecule has 104 valence electrons. The molecule has 0 spiro atoms. The number of carbonyl (C=O) groups is 1. The molecule has 0 fully saturated rings. The van der Waals surface area contributed by atoms with Crippen LogP contribution in [0.3, 0.4) is 0 Å². The van der Waals surface area contributed by atoms with E-state index in [1.807, 2.05) is 26.0 Å². The summed E-state index contributed by atoms with van der Waals surface area (Å²) in [5.74, 6) is 0. The van der Waals surface area contributed by atoms with E-state index in [1.165, 1.54) is 11.3 Å². The lowest BCUT2D eigenvalue weighted by Gasteiger charge is -2.00.